The van der Waals surface area contributed by atoms with Gasteiger partial charge in [-0.3, -0.25) is 0 Å². The van der Waals surface area contributed by atoms with Crippen LogP contribution in [0.25, 0.3) is 5.57 Å². The van der Waals surface area contributed by atoms with Crippen molar-refractivity contribution in [3.05, 3.63) is 65.3 Å². The molecule has 0 aliphatic rings. The van der Waals surface area contributed by atoms with Gasteiger partial charge in [-0.05, 0) is 57.6 Å². The molecule has 0 aromatic heterocycles. The molecule has 0 saturated carbocycles. The zero-order chi connectivity index (χ0) is 15.5. The Balaban J connectivity index is 2.51. The molecular formula is C20H27Br. The van der Waals surface area contributed by atoms with Crippen LogP contribution in [0.2, 0.25) is 0 Å². The maximum Gasteiger partial charge on any atom is 0.0217 e. The van der Waals surface area contributed by atoms with Crippen LogP contribution in [0.3, 0.4) is 0 Å². The molecule has 1 aromatic rings. The molecule has 0 aliphatic carbocycles. The third-order valence-corrected chi connectivity index (χ3v) is 3.79. The highest BCUT2D eigenvalue weighted by Crippen LogP contribution is 2.21. The average molecular weight is 347 g/mol. The zero-order valence-corrected chi connectivity index (χ0v) is 15.1. The fourth-order valence-corrected chi connectivity index (χ4v) is 2.67. The minimum Gasteiger partial charge on any atom is -0.0883 e. The lowest BCUT2D eigenvalue weighted by Gasteiger charge is -2.07. The Morgan fingerprint density at radius 1 is 0.905 bits per heavy atom. The number of halogens is 1. The second-order valence-corrected chi connectivity index (χ2v) is 6.31. The van der Waals surface area contributed by atoms with Crippen LogP contribution in [0.15, 0.2) is 59.7 Å². The molecule has 0 spiro atoms. The van der Waals surface area contributed by atoms with Gasteiger partial charge in [0, 0.05) is 5.33 Å². The number of benzene rings is 1. The van der Waals surface area contributed by atoms with Crippen molar-refractivity contribution in [3.63, 3.8) is 0 Å². The summed E-state index contributed by atoms with van der Waals surface area (Å²) in [5, 5.41) is 0.917. The summed E-state index contributed by atoms with van der Waals surface area (Å²) in [5.41, 5.74) is 5.68. The van der Waals surface area contributed by atoms with Crippen molar-refractivity contribution in [1.29, 1.82) is 0 Å². The summed E-state index contributed by atoms with van der Waals surface area (Å²) in [6.45, 7) is 6.57. The molecule has 0 heterocycles. The molecule has 0 unspecified atom stereocenters. The van der Waals surface area contributed by atoms with Crippen LogP contribution in [0, 0.1) is 0 Å². The largest absolute Gasteiger partial charge is 0.0883 e. The smallest absolute Gasteiger partial charge is 0.0217 e. The molecule has 0 amide bonds. The van der Waals surface area contributed by atoms with E-state index in [0.29, 0.717) is 0 Å². The summed E-state index contributed by atoms with van der Waals surface area (Å²) in [7, 11) is 0. The van der Waals surface area contributed by atoms with E-state index in [1.165, 1.54) is 28.7 Å². The Labute approximate surface area is 138 Å². The number of rotatable bonds is 8. The lowest BCUT2D eigenvalue weighted by molar-refractivity contribution is 0.939. The van der Waals surface area contributed by atoms with Crippen molar-refractivity contribution in [2.24, 2.45) is 0 Å². The molecule has 0 aliphatic heterocycles. The summed E-state index contributed by atoms with van der Waals surface area (Å²) < 4.78 is 0. The van der Waals surface area contributed by atoms with Crippen LogP contribution in [0.4, 0.5) is 0 Å². The quantitative estimate of drug-likeness (QED) is 0.353. The van der Waals surface area contributed by atoms with Crippen LogP contribution < -0.4 is 0 Å². The summed E-state index contributed by atoms with van der Waals surface area (Å²) in [5.74, 6) is 0. The Hall–Kier alpha value is -1.08. The van der Waals surface area contributed by atoms with Gasteiger partial charge in [-0.15, -0.1) is 0 Å². The van der Waals surface area contributed by atoms with E-state index in [9.17, 15) is 0 Å². The van der Waals surface area contributed by atoms with Crippen molar-refractivity contribution >= 4 is 21.5 Å². The topological polar surface area (TPSA) is 0 Å². The van der Waals surface area contributed by atoms with E-state index >= 15 is 0 Å². The van der Waals surface area contributed by atoms with Gasteiger partial charge >= 0.3 is 0 Å². The lowest BCUT2D eigenvalue weighted by atomic mass is 10.00. The molecular weight excluding hydrogens is 320 g/mol. The minimum atomic E-state index is 0.917. The normalized spacial score (nSPS) is 12.4. The first-order valence-electron chi connectivity index (χ1n) is 7.73. The van der Waals surface area contributed by atoms with Gasteiger partial charge in [0.05, 0.1) is 0 Å². The first kappa shape index (κ1) is 18.0. The molecule has 1 rings (SSSR count). The number of alkyl halides is 1. The van der Waals surface area contributed by atoms with E-state index in [2.05, 4.69) is 85.3 Å². The number of allylic oxidation sites excluding steroid dienone is 6. The molecule has 0 atom stereocenters. The zero-order valence-electron chi connectivity index (χ0n) is 13.5. The highest BCUT2D eigenvalue weighted by molar-refractivity contribution is 9.09. The van der Waals surface area contributed by atoms with Crippen molar-refractivity contribution in [1.82, 2.24) is 0 Å². The fraction of sp³-hybridized carbons (Fsp3) is 0.400. The lowest BCUT2D eigenvalue weighted by Crippen LogP contribution is -1.86. The summed E-state index contributed by atoms with van der Waals surface area (Å²) in [4.78, 5) is 0. The van der Waals surface area contributed by atoms with Gasteiger partial charge < -0.3 is 0 Å². The van der Waals surface area contributed by atoms with E-state index in [0.717, 1.165) is 24.6 Å². The molecule has 0 fully saturated rings. The van der Waals surface area contributed by atoms with Crippen molar-refractivity contribution < 1.29 is 0 Å². The van der Waals surface area contributed by atoms with Crippen LogP contribution in [0.1, 0.15) is 52.0 Å². The van der Waals surface area contributed by atoms with Crippen LogP contribution in [-0.4, -0.2) is 5.33 Å². The van der Waals surface area contributed by atoms with Crippen molar-refractivity contribution in [3.8, 4) is 0 Å². The standard InChI is InChI=1S/C20H27Br/c1-17(2)9-7-10-18(3)11-8-14-20(15-16-21)19-12-5-4-6-13-19/h4-6,9,11-13,15H,7-8,10,14,16H2,1-3H3/b18-11+,20-15-. The Morgan fingerprint density at radius 2 is 1.57 bits per heavy atom. The van der Waals surface area contributed by atoms with Gasteiger partial charge in [0.15, 0.2) is 0 Å². The van der Waals surface area contributed by atoms with Crippen molar-refractivity contribution in [2.45, 2.75) is 46.5 Å². The van der Waals surface area contributed by atoms with E-state index in [-0.39, 0.29) is 0 Å². The molecule has 21 heavy (non-hydrogen) atoms. The SMILES string of the molecule is CC(C)=CCC/C(C)=C/CC/C(=C/CBr)c1ccccc1. The molecule has 114 valence electrons. The first-order valence-corrected chi connectivity index (χ1v) is 8.85. The molecule has 0 saturated heterocycles. The number of hydrogen-bond donors (Lipinski definition) is 0. The minimum absolute atomic E-state index is 0.917. The van der Waals surface area contributed by atoms with Gasteiger partial charge in [0.1, 0.15) is 0 Å². The summed E-state index contributed by atoms with van der Waals surface area (Å²) in [6.07, 6.45) is 11.6. The first-order chi connectivity index (χ1) is 10.1. The summed E-state index contributed by atoms with van der Waals surface area (Å²) in [6, 6.07) is 10.7. The van der Waals surface area contributed by atoms with Gasteiger partial charge in [-0.1, -0.05) is 75.6 Å². The van der Waals surface area contributed by atoms with Gasteiger partial charge in [0.25, 0.3) is 0 Å². The van der Waals surface area contributed by atoms with Crippen molar-refractivity contribution in [2.75, 3.05) is 5.33 Å². The highest BCUT2D eigenvalue weighted by atomic mass is 79.9. The van der Waals surface area contributed by atoms with Crippen LogP contribution in [-0.2, 0) is 0 Å². The van der Waals surface area contributed by atoms with E-state index in [4.69, 9.17) is 0 Å². The predicted octanol–water partition coefficient (Wildman–Crippen LogP) is 6.94. The Morgan fingerprint density at radius 3 is 2.19 bits per heavy atom. The third-order valence-electron chi connectivity index (χ3n) is 3.47. The molecule has 1 aromatic carbocycles. The van der Waals surface area contributed by atoms with E-state index < -0.39 is 0 Å². The summed E-state index contributed by atoms with van der Waals surface area (Å²) >= 11 is 3.52. The second-order valence-electron chi connectivity index (χ2n) is 5.66. The highest BCUT2D eigenvalue weighted by Gasteiger charge is 2.00. The monoisotopic (exact) mass is 346 g/mol. The van der Waals surface area contributed by atoms with E-state index in [1.807, 2.05) is 0 Å². The molecule has 0 N–H and O–H groups in total. The second kappa shape index (κ2) is 10.6. The molecule has 0 bridgehead atoms. The molecule has 1 heteroatoms. The number of hydrogen-bond acceptors (Lipinski definition) is 0. The molecule has 0 nitrogen and oxygen atoms in total. The van der Waals surface area contributed by atoms with Gasteiger partial charge in [0.2, 0.25) is 0 Å². The van der Waals surface area contributed by atoms with Crippen LogP contribution in [0.5, 0.6) is 0 Å². The third kappa shape index (κ3) is 8.06. The molecule has 0 radical (unpaired) electrons. The van der Waals surface area contributed by atoms with Crippen LogP contribution >= 0.6 is 15.9 Å². The van der Waals surface area contributed by atoms with E-state index in [1.54, 1.807) is 0 Å². The van der Waals surface area contributed by atoms with Gasteiger partial charge in [-0.2, -0.15) is 0 Å². The van der Waals surface area contributed by atoms with Gasteiger partial charge in [-0.25, -0.2) is 0 Å². The maximum absolute atomic E-state index is 3.52. The fourth-order valence-electron chi connectivity index (χ4n) is 2.27. The predicted molar refractivity (Wildman–Crippen MR) is 99.9 cm³/mol. The average Bonchev–Trinajstić information content (AvgIpc) is 2.47. The Bertz CT molecular complexity index is 488. The maximum atomic E-state index is 3.52. The Kier molecular flexibility index (Phi) is 9.09.